The van der Waals surface area contributed by atoms with Crippen LogP contribution in [0, 0.1) is 6.92 Å². The van der Waals surface area contributed by atoms with Gasteiger partial charge in [0.25, 0.3) is 0 Å². The average Bonchev–Trinajstić information content (AvgIpc) is 2.30. The number of aromatic nitrogens is 1. The zero-order chi connectivity index (χ0) is 12.8. The first-order valence-electron chi connectivity index (χ1n) is 5.46. The molecule has 5 heteroatoms. The molecule has 0 aliphatic carbocycles. The Labute approximate surface area is 100 Å². The van der Waals surface area contributed by atoms with Crippen LogP contribution in [0.25, 0.3) is 0 Å². The lowest BCUT2D eigenvalue weighted by atomic mass is 10.0. The van der Waals surface area contributed by atoms with Gasteiger partial charge in [-0.05, 0) is 25.0 Å². The minimum absolute atomic E-state index is 0.412. The van der Waals surface area contributed by atoms with Crippen molar-refractivity contribution in [2.45, 2.75) is 26.3 Å². The quantitative estimate of drug-likeness (QED) is 0.757. The lowest BCUT2D eigenvalue weighted by molar-refractivity contribution is -0.146. The highest BCUT2D eigenvalue weighted by molar-refractivity contribution is 5.78. The number of rotatable bonds is 6. The topological polar surface area (TPSA) is 70.5 Å². The summed E-state index contributed by atoms with van der Waals surface area (Å²) < 4.78 is 0. The van der Waals surface area contributed by atoms with Crippen LogP contribution in [0.2, 0.25) is 0 Å². The molecule has 0 saturated heterocycles. The van der Waals surface area contributed by atoms with Crippen molar-refractivity contribution < 1.29 is 14.7 Å². The SMILES string of the molecule is CCCN(C=O)C(C(=O)O)c1cnccc1C. The number of aryl methyl sites for hydroxylation is 1. The maximum atomic E-state index is 11.3. The molecule has 1 unspecified atom stereocenters. The first-order valence-corrected chi connectivity index (χ1v) is 5.46. The fourth-order valence-corrected chi connectivity index (χ4v) is 1.72. The van der Waals surface area contributed by atoms with Gasteiger partial charge in [-0.25, -0.2) is 4.79 Å². The molecular formula is C12H16N2O3. The minimum Gasteiger partial charge on any atom is -0.479 e. The number of carbonyl (C=O) groups is 2. The highest BCUT2D eigenvalue weighted by atomic mass is 16.4. The second-order valence-electron chi connectivity index (χ2n) is 3.82. The van der Waals surface area contributed by atoms with Crippen molar-refractivity contribution in [3.05, 3.63) is 29.6 Å². The van der Waals surface area contributed by atoms with Gasteiger partial charge in [-0.2, -0.15) is 0 Å². The van der Waals surface area contributed by atoms with Gasteiger partial charge in [0.15, 0.2) is 6.04 Å². The fourth-order valence-electron chi connectivity index (χ4n) is 1.72. The Morgan fingerprint density at radius 2 is 2.35 bits per heavy atom. The second kappa shape index (κ2) is 5.98. The predicted molar refractivity (Wildman–Crippen MR) is 62.4 cm³/mol. The number of carboxylic acid groups (broad SMARTS) is 1. The molecule has 0 aliphatic heterocycles. The Bertz CT molecular complexity index is 406. The molecule has 1 N–H and O–H groups in total. The summed E-state index contributed by atoms with van der Waals surface area (Å²) in [4.78, 5) is 27.5. The number of pyridine rings is 1. The summed E-state index contributed by atoms with van der Waals surface area (Å²) in [5, 5.41) is 9.25. The average molecular weight is 236 g/mol. The smallest absolute Gasteiger partial charge is 0.331 e. The Morgan fingerprint density at radius 3 is 2.82 bits per heavy atom. The summed E-state index contributed by atoms with van der Waals surface area (Å²) in [5.41, 5.74) is 1.37. The first kappa shape index (κ1) is 13.2. The largest absolute Gasteiger partial charge is 0.479 e. The van der Waals surface area contributed by atoms with E-state index in [1.807, 2.05) is 13.8 Å². The third-order valence-corrected chi connectivity index (χ3v) is 2.56. The van der Waals surface area contributed by atoms with Crippen LogP contribution in [0.3, 0.4) is 0 Å². The van der Waals surface area contributed by atoms with E-state index in [-0.39, 0.29) is 0 Å². The van der Waals surface area contributed by atoms with Gasteiger partial charge in [0.1, 0.15) is 0 Å². The zero-order valence-corrected chi connectivity index (χ0v) is 9.96. The molecule has 0 fully saturated rings. The number of nitrogens with zero attached hydrogens (tertiary/aromatic N) is 2. The molecule has 0 radical (unpaired) electrons. The van der Waals surface area contributed by atoms with E-state index in [1.165, 1.54) is 11.1 Å². The van der Waals surface area contributed by atoms with Gasteiger partial charge in [0, 0.05) is 24.5 Å². The highest BCUT2D eigenvalue weighted by Crippen LogP contribution is 2.22. The van der Waals surface area contributed by atoms with E-state index in [0.29, 0.717) is 24.9 Å². The van der Waals surface area contributed by atoms with Crippen LogP contribution in [0.15, 0.2) is 18.5 Å². The Hall–Kier alpha value is -1.91. The van der Waals surface area contributed by atoms with E-state index in [9.17, 15) is 14.7 Å². The van der Waals surface area contributed by atoms with Crippen molar-refractivity contribution in [1.82, 2.24) is 9.88 Å². The van der Waals surface area contributed by atoms with Crippen molar-refractivity contribution in [2.24, 2.45) is 0 Å². The monoisotopic (exact) mass is 236 g/mol. The van der Waals surface area contributed by atoms with Crippen LogP contribution in [0.5, 0.6) is 0 Å². The van der Waals surface area contributed by atoms with Gasteiger partial charge in [0.2, 0.25) is 6.41 Å². The number of hydrogen-bond donors (Lipinski definition) is 1. The van der Waals surface area contributed by atoms with Crippen molar-refractivity contribution in [2.75, 3.05) is 6.54 Å². The molecule has 5 nitrogen and oxygen atoms in total. The van der Waals surface area contributed by atoms with Crippen LogP contribution in [0.1, 0.15) is 30.5 Å². The molecule has 1 atom stereocenters. The van der Waals surface area contributed by atoms with Crippen LogP contribution < -0.4 is 0 Å². The first-order chi connectivity index (χ1) is 8.11. The fraction of sp³-hybridized carbons (Fsp3) is 0.417. The Kier molecular flexibility index (Phi) is 4.63. The van der Waals surface area contributed by atoms with Gasteiger partial charge in [-0.1, -0.05) is 6.92 Å². The van der Waals surface area contributed by atoms with E-state index in [2.05, 4.69) is 4.98 Å². The van der Waals surface area contributed by atoms with Crippen molar-refractivity contribution in [3.8, 4) is 0 Å². The summed E-state index contributed by atoms with van der Waals surface area (Å²) >= 11 is 0. The summed E-state index contributed by atoms with van der Waals surface area (Å²) in [6.07, 6.45) is 4.39. The molecule has 92 valence electrons. The van der Waals surface area contributed by atoms with E-state index < -0.39 is 12.0 Å². The zero-order valence-electron chi connectivity index (χ0n) is 9.96. The molecule has 1 rings (SSSR count). The molecule has 0 spiro atoms. The lowest BCUT2D eigenvalue weighted by Gasteiger charge is -2.25. The number of carboxylic acids is 1. The number of aliphatic carboxylic acids is 1. The van der Waals surface area contributed by atoms with Gasteiger partial charge in [0.05, 0.1) is 0 Å². The number of amides is 1. The van der Waals surface area contributed by atoms with E-state index in [4.69, 9.17) is 0 Å². The maximum absolute atomic E-state index is 11.3. The third-order valence-electron chi connectivity index (χ3n) is 2.56. The second-order valence-corrected chi connectivity index (χ2v) is 3.82. The summed E-state index contributed by atoms with van der Waals surface area (Å²) in [5.74, 6) is -1.04. The van der Waals surface area contributed by atoms with Crippen LogP contribution in [-0.2, 0) is 9.59 Å². The lowest BCUT2D eigenvalue weighted by Crippen LogP contribution is -2.34. The van der Waals surface area contributed by atoms with Crippen LogP contribution in [0.4, 0.5) is 0 Å². The van der Waals surface area contributed by atoms with E-state index in [0.717, 1.165) is 5.56 Å². The van der Waals surface area contributed by atoms with Gasteiger partial charge in [-0.3, -0.25) is 9.78 Å². The van der Waals surface area contributed by atoms with E-state index in [1.54, 1.807) is 12.3 Å². The molecule has 1 heterocycles. The highest BCUT2D eigenvalue weighted by Gasteiger charge is 2.27. The van der Waals surface area contributed by atoms with Gasteiger partial charge < -0.3 is 10.0 Å². The van der Waals surface area contributed by atoms with Gasteiger partial charge in [-0.15, -0.1) is 0 Å². The third kappa shape index (κ3) is 3.03. The molecule has 1 aromatic rings. The van der Waals surface area contributed by atoms with Crippen molar-refractivity contribution >= 4 is 12.4 Å². The van der Waals surface area contributed by atoms with E-state index >= 15 is 0 Å². The molecule has 0 bridgehead atoms. The summed E-state index contributed by atoms with van der Waals surface area (Å²) in [6.45, 7) is 4.11. The molecule has 0 saturated carbocycles. The van der Waals surface area contributed by atoms with Crippen molar-refractivity contribution in [3.63, 3.8) is 0 Å². The van der Waals surface area contributed by atoms with Gasteiger partial charge >= 0.3 is 5.97 Å². The predicted octanol–water partition coefficient (Wildman–Crippen LogP) is 1.38. The minimum atomic E-state index is -1.04. The normalized spacial score (nSPS) is 11.9. The number of hydrogen-bond acceptors (Lipinski definition) is 3. The van der Waals surface area contributed by atoms with Crippen LogP contribution >= 0.6 is 0 Å². The molecule has 17 heavy (non-hydrogen) atoms. The maximum Gasteiger partial charge on any atom is 0.331 e. The van der Waals surface area contributed by atoms with Crippen LogP contribution in [-0.4, -0.2) is 33.9 Å². The summed E-state index contributed by atoms with van der Waals surface area (Å²) in [6, 6.07) is 0.779. The Morgan fingerprint density at radius 1 is 1.65 bits per heavy atom. The standard InChI is InChI=1S/C12H16N2O3/c1-3-6-14(8-15)11(12(16)17)10-7-13-5-4-9(10)2/h4-5,7-8,11H,3,6H2,1-2H3,(H,16,17). The van der Waals surface area contributed by atoms with Crippen molar-refractivity contribution in [1.29, 1.82) is 0 Å². The molecule has 0 aliphatic rings. The summed E-state index contributed by atoms with van der Waals surface area (Å²) in [7, 11) is 0. The molecule has 0 aromatic carbocycles. The molecular weight excluding hydrogens is 220 g/mol. The molecule has 1 aromatic heterocycles. The number of carbonyl (C=O) groups excluding carboxylic acids is 1. The Balaban J connectivity index is 3.13. The molecule has 1 amide bonds.